The summed E-state index contributed by atoms with van der Waals surface area (Å²) in [5.41, 5.74) is 8.05. The zero-order valence-electron chi connectivity index (χ0n) is 22.9. The zero-order valence-corrected chi connectivity index (χ0v) is 24.5. The van der Waals surface area contributed by atoms with Crippen LogP contribution in [0.2, 0.25) is 0 Å². The van der Waals surface area contributed by atoms with Crippen LogP contribution in [0.5, 0.6) is 0 Å². The van der Waals surface area contributed by atoms with E-state index >= 15 is 0 Å². The highest BCUT2D eigenvalue weighted by Gasteiger charge is 2.19. The number of pyridine rings is 1. The minimum Gasteiger partial charge on any atom is -0.291 e. The molecule has 6 aromatic carbocycles. The Labute approximate surface area is 254 Å². The fraction of sp³-hybridized carbons (Fsp3) is 0. The van der Waals surface area contributed by atoms with Gasteiger partial charge in [0.05, 0.1) is 21.4 Å². The van der Waals surface area contributed by atoms with E-state index < -0.39 is 0 Å². The number of para-hydroxylation sites is 2. The molecule has 0 saturated heterocycles. The number of nitrogens with zero attached hydrogens (tertiary/aromatic N) is 2. The number of hydrogen-bond donors (Lipinski definition) is 0. The first-order valence-electron chi connectivity index (χ1n) is 14.5. The highest BCUT2D eigenvalue weighted by molar-refractivity contribution is 7.27. The maximum Gasteiger partial charge on any atom is 0.156 e. The summed E-state index contributed by atoms with van der Waals surface area (Å²) in [4.78, 5) is 5.20. The summed E-state index contributed by atoms with van der Waals surface area (Å²) in [5.74, 6) is 0. The summed E-state index contributed by atoms with van der Waals surface area (Å²) in [5, 5.41) is 7.82. The molecule has 0 spiro atoms. The highest BCUT2D eigenvalue weighted by Crippen LogP contribution is 2.44. The molecular weight excluding hydrogens is 561 g/mol. The van der Waals surface area contributed by atoms with E-state index in [1.54, 1.807) is 0 Å². The van der Waals surface area contributed by atoms with E-state index in [0.29, 0.717) is 0 Å². The summed E-state index contributed by atoms with van der Waals surface area (Å²) in [7, 11) is 0. The number of rotatable bonds is 2. The van der Waals surface area contributed by atoms with Crippen LogP contribution < -0.4 is 0 Å². The Bertz CT molecular complexity index is 2720. The fourth-order valence-electron chi connectivity index (χ4n) is 6.83. The maximum absolute atomic E-state index is 5.20. The van der Waals surface area contributed by atoms with Gasteiger partial charge >= 0.3 is 0 Å². The van der Waals surface area contributed by atoms with Crippen molar-refractivity contribution in [1.29, 1.82) is 0 Å². The highest BCUT2D eigenvalue weighted by atomic mass is 32.1. The quantitative estimate of drug-likeness (QED) is 0.198. The van der Waals surface area contributed by atoms with Gasteiger partial charge in [0, 0.05) is 35.6 Å². The number of imidazole rings is 1. The molecular formula is C39H22N2S2. The molecule has 0 N–H and O–H groups in total. The lowest BCUT2D eigenvalue weighted by atomic mass is 9.99. The van der Waals surface area contributed by atoms with Gasteiger partial charge in [0.2, 0.25) is 0 Å². The Morgan fingerprint density at radius 1 is 0.512 bits per heavy atom. The molecule has 4 heterocycles. The van der Waals surface area contributed by atoms with Gasteiger partial charge in [0.25, 0.3) is 0 Å². The van der Waals surface area contributed by atoms with Crippen LogP contribution in [0, 0.1) is 0 Å². The van der Waals surface area contributed by atoms with Gasteiger partial charge < -0.3 is 0 Å². The van der Waals surface area contributed by atoms with E-state index in [4.69, 9.17) is 4.98 Å². The molecule has 43 heavy (non-hydrogen) atoms. The summed E-state index contributed by atoms with van der Waals surface area (Å²) in [6.45, 7) is 0. The predicted molar refractivity (Wildman–Crippen MR) is 187 cm³/mol. The average molecular weight is 583 g/mol. The van der Waals surface area contributed by atoms with Crippen LogP contribution in [0.4, 0.5) is 0 Å². The van der Waals surface area contributed by atoms with Crippen molar-refractivity contribution >= 4 is 90.5 Å². The number of hydrogen-bond acceptors (Lipinski definition) is 3. The van der Waals surface area contributed by atoms with E-state index in [2.05, 4.69) is 138 Å². The second-order valence-corrected chi connectivity index (χ2v) is 13.3. The SMILES string of the molecule is c1ccc2c(c1)ccc1sc3c(cc(-c4ccc(-c5cccc6c5sc5ccccc56)cc4)n4c5ccccc5nc34)c12. The van der Waals surface area contributed by atoms with E-state index in [1.807, 2.05) is 22.7 Å². The van der Waals surface area contributed by atoms with Crippen LogP contribution in [-0.4, -0.2) is 9.38 Å². The summed E-state index contributed by atoms with van der Waals surface area (Å²) >= 11 is 3.73. The third kappa shape index (κ3) is 3.30. The molecule has 10 rings (SSSR count). The fourth-order valence-corrected chi connectivity index (χ4v) is 9.24. The van der Waals surface area contributed by atoms with Crippen molar-refractivity contribution in [3.05, 3.63) is 133 Å². The lowest BCUT2D eigenvalue weighted by molar-refractivity contribution is 1.25. The molecule has 4 heteroatoms. The van der Waals surface area contributed by atoms with Gasteiger partial charge in [-0.3, -0.25) is 4.40 Å². The molecule has 2 nitrogen and oxygen atoms in total. The van der Waals surface area contributed by atoms with Crippen molar-refractivity contribution in [3.8, 4) is 22.4 Å². The first-order valence-corrected chi connectivity index (χ1v) is 16.1. The molecule has 200 valence electrons. The van der Waals surface area contributed by atoms with Crippen molar-refractivity contribution in [3.63, 3.8) is 0 Å². The normalized spacial score (nSPS) is 12.2. The molecule has 0 unspecified atom stereocenters. The summed E-state index contributed by atoms with van der Waals surface area (Å²) in [6, 6.07) is 48.6. The van der Waals surface area contributed by atoms with Crippen LogP contribution in [0.1, 0.15) is 0 Å². The second-order valence-electron chi connectivity index (χ2n) is 11.2. The van der Waals surface area contributed by atoms with Crippen LogP contribution in [-0.2, 0) is 0 Å². The second kappa shape index (κ2) is 8.74. The molecule has 0 radical (unpaired) electrons. The van der Waals surface area contributed by atoms with Gasteiger partial charge in [-0.05, 0) is 57.8 Å². The molecule has 0 amide bonds. The van der Waals surface area contributed by atoms with Crippen LogP contribution in [0.3, 0.4) is 0 Å². The van der Waals surface area contributed by atoms with Gasteiger partial charge in [0.15, 0.2) is 5.65 Å². The maximum atomic E-state index is 5.20. The number of fused-ring (bicyclic) bond motifs is 12. The lowest BCUT2D eigenvalue weighted by Crippen LogP contribution is -1.93. The number of benzene rings is 6. The van der Waals surface area contributed by atoms with Crippen LogP contribution in [0.15, 0.2) is 133 Å². The third-order valence-corrected chi connectivity index (χ3v) is 11.2. The lowest BCUT2D eigenvalue weighted by Gasteiger charge is -2.11. The zero-order chi connectivity index (χ0) is 28.1. The smallest absolute Gasteiger partial charge is 0.156 e. The Kier molecular flexibility index (Phi) is 4.78. The van der Waals surface area contributed by atoms with Gasteiger partial charge in [-0.1, -0.05) is 103 Å². The molecule has 0 saturated carbocycles. The van der Waals surface area contributed by atoms with E-state index in [0.717, 1.165) is 22.4 Å². The van der Waals surface area contributed by atoms with Gasteiger partial charge in [-0.25, -0.2) is 4.98 Å². The minimum absolute atomic E-state index is 1.02. The predicted octanol–water partition coefficient (Wildman–Crippen LogP) is 11.7. The minimum atomic E-state index is 1.02. The Morgan fingerprint density at radius 3 is 2.19 bits per heavy atom. The molecule has 0 aliphatic rings. The Hall–Kier alpha value is -5.03. The molecule has 0 fully saturated rings. The molecule has 0 aliphatic carbocycles. The largest absolute Gasteiger partial charge is 0.291 e. The van der Waals surface area contributed by atoms with Gasteiger partial charge in [0.1, 0.15) is 0 Å². The van der Waals surface area contributed by atoms with Crippen molar-refractivity contribution in [2.24, 2.45) is 0 Å². The van der Waals surface area contributed by atoms with Crippen molar-refractivity contribution in [2.45, 2.75) is 0 Å². The Balaban J connectivity index is 1.24. The number of thiophene rings is 2. The standard InChI is InChI=1S/C39H22N2S2/c1-2-9-26-23(8-1)20-21-35-36(26)30-22-33(41-32-14-5-4-13-31(32)40-39(41)38(30)43-35)25-18-16-24(17-19-25)27-11-7-12-29-28-10-3-6-15-34(28)42-37(27)29/h1-22H. The van der Waals surface area contributed by atoms with Crippen LogP contribution >= 0.6 is 22.7 Å². The van der Waals surface area contributed by atoms with Gasteiger partial charge in [-0.2, -0.15) is 0 Å². The van der Waals surface area contributed by atoms with Gasteiger partial charge in [-0.15, -0.1) is 22.7 Å². The average Bonchev–Trinajstić information content (AvgIpc) is 3.76. The molecule has 4 aromatic heterocycles. The van der Waals surface area contributed by atoms with Crippen molar-refractivity contribution in [1.82, 2.24) is 9.38 Å². The molecule has 0 atom stereocenters. The molecule has 0 bridgehead atoms. The Morgan fingerprint density at radius 2 is 1.26 bits per heavy atom. The summed E-state index contributed by atoms with van der Waals surface area (Å²) < 4.78 is 7.57. The van der Waals surface area contributed by atoms with Crippen molar-refractivity contribution in [2.75, 3.05) is 0 Å². The third-order valence-electron chi connectivity index (χ3n) is 8.80. The topological polar surface area (TPSA) is 17.3 Å². The first kappa shape index (κ1) is 23.5. The monoisotopic (exact) mass is 582 g/mol. The van der Waals surface area contributed by atoms with Crippen LogP contribution in [0.25, 0.3) is 90.2 Å². The van der Waals surface area contributed by atoms with E-state index in [1.165, 1.54) is 67.8 Å². The molecule has 0 aliphatic heterocycles. The molecule has 10 aromatic rings. The first-order chi connectivity index (χ1) is 21.3. The number of aromatic nitrogens is 2. The van der Waals surface area contributed by atoms with Crippen molar-refractivity contribution < 1.29 is 0 Å². The summed E-state index contributed by atoms with van der Waals surface area (Å²) in [6.07, 6.45) is 0. The van der Waals surface area contributed by atoms with E-state index in [9.17, 15) is 0 Å². The van der Waals surface area contributed by atoms with E-state index in [-0.39, 0.29) is 0 Å².